The maximum absolute atomic E-state index is 13.6. The molecule has 26 heavy (non-hydrogen) atoms. The first-order valence-electron chi connectivity index (χ1n) is 7.66. The molecule has 0 bridgehead atoms. The second kappa shape index (κ2) is 7.20. The minimum Gasteiger partial charge on any atom is -0.486 e. The molecule has 2 aromatic rings. The summed E-state index contributed by atoms with van der Waals surface area (Å²) in [7, 11) is -3.04. The van der Waals surface area contributed by atoms with Crippen molar-refractivity contribution < 1.29 is 31.8 Å². The summed E-state index contributed by atoms with van der Waals surface area (Å²) in [6.45, 7) is 0.0693. The molecular weight excluding hydrogens is 365 g/mol. The average Bonchev–Trinajstić information content (AvgIpc) is 2.65. The topological polar surface area (TPSA) is 82.1 Å². The number of ether oxygens (including phenoxy) is 3. The molecule has 1 aliphatic heterocycles. The van der Waals surface area contributed by atoms with Crippen molar-refractivity contribution in [1.29, 1.82) is 0 Å². The van der Waals surface area contributed by atoms with Gasteiger partial charge in [-0.1, -0.05) is 6.07 Å². The van der Waals surface area contributed by atoms with E-state index in [9.17, 15) is 17.6 Å². The Kier molecular flexibility index (Phi) is 4.99. The molecule has 0 amide bonds. The summed E-state index contributed by atoms with van der Waals surface area (Å²) in [5.74, 6) is -0.694. The molecule has 1 aliphatic rings. The predicted octanol–water partition coefficient (Wildman–Crippen LogP) is 1.97. The van der Waals surface area contributed by atoms with Crippen LogP contribution in [0.2, 0.25) is 0 Å². The van der Waals surface area contributed by atoms with Crippen LogP contribution in [0, 0.1) is 5.82 Å². The first-order valence-corrected chi connectivity index (χ1v) is 9.10. The Labute approximate surface area is 149 Å². The van der Waals surface area contributed by atoms with Gasteiger partial charge in [-0.05, 0) is 30.3 Å². The number of carbonyl (C=O) groups excluding carboxylic acids is 1. The summed E-state index contributed by atoms with van der Waals surface area (Å²) in [6, 6.07) is 9.08. The van der Waals surface area contributed by atoms with Gasteiger partial charge in [-0.25, -0.2) is 12.8 Å². The molecule has 7 nitrogen and oxygen atoms in total. The van der Waals surface area contributed by atoms with Crippen LogP contribution in [0.1, 0.15) is 0 Å². The summed E-state index contributed by atoms with van der Waals surface area (Å²) in [6.07, 6.45) is 0. The third-order valence-electron chi connectivity index (χ3n) is 3.70. The molecule has 1 heterocycles. The number of carbonyl (C=O) groups is 1. The molecule has 0 unspecified atom stereocenters. The Hall–Kier alpha value is -2.81. The van der Waals surface area contributed by atoms with E-state index in [0.717, 1.165) is 17.5 Å². The van der Waals surface area contributed by atoms with E-state index in [4.69, 9.17) is 9.47 Å². The van der Waals surface area contributed by atoms with Crippen LogP contribution in [-0.2, 0) is 19.6 Å². The van der Waals surface area contributed by atoms with E-state index < -0.39 is 28.4 Å². The van der Waals surface area contributed by atoms with E-state index >= 15 is 0 Å². The molecule has 0 N–H and O–H groups in total. The zero-order valence-corrected chi connectivity index (χ0v) is 14.7. The molecule has 0 spiro atoms. The summed E-state index contributed by atoms with van der Waals surface area (Å²) in [5.41, 5.74) is 0.00490. The van der Waals surface area contributed by atoms with E-state index in [1.807, 2.05) is 0 Å². The number of esters is 1. The molecule has 0 atom stereocenters. The van der Waals surface area contributed by atoms with Crippen molar-refractivity contribution >= 4 is 21.7 Å². The van der Waals surface area contributed by atoms with Gasteiger partial charge in [0.05, 0.1) is 17.7 Å². The SMILES string of the molecule is COC(=O)CN(c1cccc(F)c1)S(=O)(=O)c1ccc2c(c1)OCCO2. The highest BCUT2D eigenvalue weighted by Gasteiger charge is 2.29. The highest BCUT2D eigenvalue weighted by atomic mass is 32.2. The molecule has 0 fully saturated rings. The maximum atomic E-state index is 13.6. The van der Waals surface area contributed by atoms with Gasteiger partial charge in [-0.15, -0.1) is 0 Å². The smallest absolute Gasteiger partial charge is 0.326 e. The number of halogens is 1. The second-order valence-corrected chi connectivity index (χ2v) is 7.24. The van der Waals surface area contributed by atoms with Gasteiger partial charge in [-0.3, -0.25) is 9.10 Å². The minimum atomic E-state index is -4.18. The summed E-state index contributed by atoms with van der Waals surface area (Å²) in [4.78, 5) is 11.6. The van der Waals surface area contributed by atoms with E-state index in [2.05, 4.69) is 4.74 Å². The van der Waals surface area contributed by atoms with E-state index in [-0.39, 0.29) is 16.3 Å². The number of hydrogen-bond donors (Lipinski definition) is 0. The zero-order valence-electron chi connectivity index (χ0n) is 13.8. The zero-order chi connectivity index (χ0) is 18.7. The molecule has 2 aromatic carbocycles. The predicted molar refractivity (Wildman–Crippen MR) is 90.4 cm³/mol. The van der Waals surface area contributed by atoms with Gasteiger partial charge in [0.2, 0.25) is 0 Å². The van der Waals surface area contributed by atoms with Gasteiger partial charge in [0, 0.05) is 6.07 Å². The van der Waals surface area contributed by atoms with Gasteiger partial charge in [0.15, 0.2) is 11.5 Å². The van der Waals surface area contributed by atoms with Crippen LogP contribution in [0.15, 0.2) is 47.4 Å². The summed E-state index contributed by atoms with van der Waals surface area (Å²) in [5, 5.41) is 0. The summed E-state index contributed by atoms with van der Waals surface area (Å²) < 4.78 is 55.9. The third-order valence-corrected chi connectivity index (χ3v) is 5.47. The van der Waals surface area contributed by atoms with Crippen molar-refractivity contribution in [1.82, 2.24) is 0 Å². The maximum Gasteiger partial charge on any atom is 0.326 e. The van der Waals surface area contributed by atoms with Crippen LogP contribution >= 0.6 is 0 Å². The van der Waals surface area contributed by atoms with E-state index in [1.165, 1.54) is 36.4 Å². The molecule has 3 rings (SSSR count). The lowest BCUT2D eigenvalue weighted by atomic mass is 10.3. The van der Waals surface area contributed by atoms with E-state index in [1.54, 1.807) is 0 Å². The van der Waals surface area contributed by atoms with Crippen LogP contribution < -0.4 is 13.8 Å². The molecule has 0 aromatic heterocycles. The van der Waals surface area contributed by atoms with Crippen molar-refractivity contribution in [2.45, 2.75) is 4.90 Å². The second-order valence-electron chi connectivity index (χ2n) is 5.37. The monoisotopic (exact) mass is 381 g/mol. The van der Waals surface area contributed by atoms with Gasteiger partial charge in [0.25, 0.3) is 10.0 Å². The molecule has 9 heteroatoms. The number of fused-ring (bicyclic) bond motifs is 1. The fourth-order valence-electron chi connectivity index (χ4n) is 2.44. The minimum absolute atomic E-state index is 0.00490. The fourth-order valence-corrected chi connectivity index (χ4v) is 3.86. The Morgan fingerprint density at radius 2 is 1.88 bits per heavy atom. The molecule has 0 aliphatic carbocycles. The van der Waals surface area contributed by atoms with Gasteiger partial charge >= 0.3 is 5.97 Å². The van der Waals surface area contributed by atoms with Gasteiger partial charge in [0.1, 0.15) is 25.6 Å². The van der Waals surface area contributed by atoms with Crippen molar-refractivity contribution in [3.05, 3.63) is 48.3 Å². The van der Waals surface area contributed by atoms with Crippen LogP contribution in [0.4, 0.5) is 10.1 Å². The Morgan fingerprint density at radius 1 is 1.15 bits per heavy atom. The van der Waals surface area contributed by atoms with E-state index in [0.29, 0.717) is 19.0 Å². The molecule has 138 valence electrons. The number of nitrogens with zero attached hydrogens (tertiary/aromatic N) is 1. The highest BCUT2D eigenvalue weighted by molar-refractivity contribution is 7.92. The Bertz CT molecular complexity index is 931. The third kappa shape index (κ3) is 3.57. The largest absolute Gasteiger partial charge is 0.486 e. The quantitative estimate of drug-likeness (QED) is 0.737. The lowest BCUT2D eigenvalue weighted by molar-refractivity contribution is -0.138. The number of hydrogen-bond acceptors (Lipinski definition) is 6. The van der Waals surface area contributed by atoms with Crippen LogP contribution in [-0.4, -0.2) is 41.3 Å². The lowest BCUT2D eigenvalue weighted by Gasteiger charge is -2.24. The van der Waals surface area contributed by atoms with Crippen LogP contribution in [0.3, 0.4) is 0 Å². The molecule has 0 radical (unpaired) electrons. The first kappa shape index (κ1) is 18.0. The molecular formula is C17H16FNO6S. The number of methoxy groups -OCH3 is 1. The Morgan fingerprint density at radius 3 is 2.58 bits per heavy atom. The highest BCUT2D eigenvalue weighted by Crippen LogP contribution is 2.34. The van der Waals surface area contributed by atoms with Gasteiger partial charge in [-0.2, -0.15) is 0 Å². The number of sulfonamides is 1. The number of rotatable bonds is 5. The average molecular weight is 381 g/mol. The molecule has 0 saturated carbocycles. The van der Waals surface area contributed by atoms with Gasteiger partial charge < -0.3 is 14.2 Å². The summed E-state index contributed by atoms with van der Waals surface area (Å²) >= 11 is 0. The standard InChI is InChI=1S/C17H16FNO6S/c1-23-17(20)11-19(13-4-2-3-12(18)9-13)26(21,22)14-5-6-15-16(10-14)25-8-7-24-15/h2-6,9-10H,7-8,11H2,1H3. The fraction of sp³-hybridized carbons (Fsp3) is 0.235. The van der Waals surface area contributed by atoms with Crippen molar-refractivity contribution in [3.63, 3.8) is 0 Å². The first-order chi connectivity index (χ1) is 12.4. The number of benzene rings is 2. The van der Waals surface area contributed by atoms with Crippen LogP contribution in [0.5, 0.6) is 11.5 Å². The lowest BCUT2D eigenvalue weighted by Crippen LogP contribution is -2.36. The van der Waals surface area contributed by atoms with Crippen molar-refractivity contribution in [3.8, 4) is 11.5 Å². The van der Waals surface area contributed by atoms with Crippen LogP contribution in [0.25, 0.3) is 0 Å². The number of anilines is 1. The molecule has 0 saturated heterocycles. The normalized spacial score (nSPS) is 13.2. The van der Waals surface area contributed by atoms with Crippen molar-refractivity contribution in [2.75, 3.05) is 31.2 Å². The Balaban J connectivity index is 2.05. The van der Waals surface area contributed by atoms with Crippen molar-refractivity contribution in [2.24, 2.45) is 0 Å².